The van der Waals surface area contributed by atoms with Gasteiger partial charge in [0.2, 0.25) is 0 Å². The van der Waals surface area contributed by atoms with Crippen LogP contribution in [0.1, 0.15) is 19.4 Å². The number of nitrogens with zero attached hydrogens (tertiary/aromatic N) is 1. The van der Waals surface area contributed by atoms with E-state index in [1.807, 2.05) is 0 Å². The van der Waals surface area contributed by atoms with Crippen LogP contribution in [0.2, 0.25) is 0 Å². The Bertz CT molecular complexity index is 322. The van der Waals surface area contributed by atoms with Gasteiger partial charge in [0, 0.05) is 18.8 Å². The molecule has 0 bridgehead atoms. The van der Waals surface area contributed by atoms with Crippen LogP contribution >= 0.6 is 0 Å². The van der Waals surface area contributed by atoms with Crippen molar-refractivity contribution in [2.45, 2.75) is 26.4 Å². The number of hydrogen-bond donors (Lipinski definition) is 0. The van der Waals surface area contributed by atoms with E-state index in [4.69, 9.17) is 4.74 Å². The Balaban J connectivity index is 1.90. The van der Waals surface area contributed by atoms with Crippen molar-refractivity contribution in [1.29, 1.82) is 0 Å². The van der Waals surface area contributed by atoms with Gasteiger partial charge in [-0.1, -0.05) is 18.2 Å². The highest BCUT2D eigenvalue weighted by Crippen LogP contribution is 2.26. The summed E-state index contributed by atoms with van der Waals surface area (Å²) in [4.78, 5) is 2.41. The van der Waals surface area contributed by atoms with Gasteiger partial charge >= 0.3 is 0 Å². The zero-order chi connectivity index (χ0) is 10.7. The largest absolute Gasteiger partial charge is 0.377 e. The van der Waals surface area contributed by atoms with E-state index in [-0.39, 0.29) is 0 Å². The average Bonchev–Trinajstić information content (AvgIpc) is 2.62. The summed E-state index contributed by atoms with van der Waals surface area (Å²) in [5.74, 6) is 0. The molecule has 1 aromatic rings. The van der Waals surface area contributed by atoms with E-state index in [1.165, 1.54) is 17.7 Å². The summed E-state index contributed by atoms with van der Waals surface area (Å²) in [6, 6.07) is 8.66. The minimum atomic E-state index is 0.336. The van der Waals surface area contributed by atoms with Crippen molar-refractivity contribution >= 4 is 5.69 Å². The van der Waals surface area contributed by atoms with Crippen LogP contribution in [0.4, 0.5) is 5.69 Å². The third-order valence-electron chi connectivity index (χ3n) is 2.80. The maximum absolute atomic E-state index is 5.58. The fourth-order valence-corrected chi connectivity index (χ4v) is 2.04. The van der Waals surface area contributed by atoms with Crippen molar-refractivity contribution in [2.24, 2.45) is 0 Å². The molecule has 0 spiro atoms. The quantitative estimate of drug-likeness (QED) is 0.748. The van der Waals surface area contributed by atoms with Crippen LogP contribution < -0.4 is 4.90 Å². The SMILES string of the molecule is CC(C)OCCN1CCc2ccccc21. The van der Waals surface area contributed by atoms with Gasteiger partial charge in [-0.15, -0.1) is 0 Å². The number of hydrogen-bond acceptors (Lipinski definition) is 2. The lowest BCUT2D eigenvalue weighted by molar-refractivity contribution is 0.0843. The highest BCUT2D eigenvalue weighted by molar-refractivity contribution is 5.57. The van der Waals surface area contributed by atoms with Gasteiger partial charge < -0.3 is 9.64 Å². The second-order valence-corrected chi connectivity index (χ2v) is 4.29. The second-order valence-electron chi connectivity index (χ2n) is 4.29. The smallest absolute Gasteiger partial charge is 0.0645 e. The Hall–Kier alpha value is -1.02. The summed E-state index contributed by atoms with van der Waals surface area (Å²) in [5.41, 5.74) is 2.87. The van der Waals surface area contributed by atoms with Gasteiger partial charge in [-0.25, -0.2) is 0 Å². The maximum Gasteiger partial charge on any atom is 0.0645 e. The Morgan fingerprint density at radius 1 is 1.33 bits per heavy atom. The number of benzene rings is 1. The van der Waals surface area contributed by atoms with E-state index in [0.717, 1.165) is 19.7 Å². The standard InChI is InChI=1S/C13H19NO/c1-11(2)15-10-9-14-8-7-12-5-3-4-6-13(12)14/h3-6,11H,7-10H2,1-2H3. The molecule has 0 N–H and O–H groups in total. The van der Waals surface area contributed by atoms with Crippen molar-refractivity contribution in [3.05, 3.63) is 29.8 Å². The molecule has 2 nitrogen and oxygen atoms in total. The molecular weight excluding hydrogens is 186 g/mol. The van der Waals surface area contributed by atoms with Crippen LogP contribution in [-0.2, 0) is 11.2 Å². The molecule has 0 amide bonds. The first-order valence-corrected chi connectivity index (χ1v) is 5.72. The van der Waals surface area contributed by atoms with E-state index in [2.05, 4.69) is 43.0 Å². The third kappa shape index (κ3) is 2.51. The molecular formula is C13H19NO. The monoisotopic (exact) mass is 205 g/mol. The summed E-state index contributed by atoms with van der Waals surface area (Å²) in [6.45, 7) is 7.14. The summed E-state index contributed by atoms with van der Waals surface area (Å²) < 4.78 is 5.58. The first-order chi connectivity index (χ1) is 7.27. The Kier molecular flexibility index (Phi) is 3.27. The van der Waals surface area contributed by atoms with E-state index < -0.39 is 0 Å². The van der Waals surface area contributed by atoms with Crippen LogP contribution in [0.3, 0.4) is 0 Å². The molecule has 0 radical (unpaired) electrons. The number of ether oxygens (including phenoxy) is 1. The average molecular weight is 205 g/mol. The van der Waals surface area contributed by atoms with E-state index in [0.29, 0.717) is 6.10 Å². The molecule has 0 atom stereocenters. The summed E-state index contributed by atoms with van der Waals surface area (Å²) in [6.07, 6.45) is 1.51. The summed E-state index contributed by atoms with van der Waals surface area (Å²) >= 11 is 0. The number of fused-ring (bicyclic) bond motifs is 1. The Morgan fingerprint density at radius 2 is 2.13 bits per heavy atom. The van der Waals surface area contributed by atoms with Crippen molar-refractivity contribution in [3.63, 3.8) is 0 Å². The van der Waals surface area contributed by atoms with E-state index in [9.17, 15) is 0 Å². The lowest BCUT2D eigenvalue weighted by Gasteiger charge is -2.19. The first-order valence-electron chi connectivity index (χ1n) is 5.72. The second kappa shape index (κ2) is 4.67. The molecule has 1 aromatic carbocycles. The van der Waals surface area contributed by atoms with Gasteiger partial charge in [0.1, 0.15) is 0 Å². The van der Waals surface area contributed by atoms with Gasteiger partial charge in [-0.3, -0.25) is 0 Å². The van der Waals surface area contributed by atoms with E-state index >= 15 is 0 Å². The van der Waals surface area contributed by atoms with Crippen molar-refractivity contribution < 1.29 is 4.74 Å². The molecule has 0 aliphatic carbocycles. The minimum Gasteiger partial charge on any atom is -0.377 e. The first kappa shape index (κ1) is 10.5. The summed E-state index contributed by atoms with van der Waals surface area (Å²) in [5, 5.41) is 0. The molecule has 1 heterocycles. The molecule has 2 heteroatoms. The molecule has 0 fully saturated rings. The van der Waals surface area contributed by atoms with Gasteiger partial charge in [-0.05, 0) is 31.9 Å². The molecule has 0 saturated carbocycles. The Labute approximate surface area is 91.9 Å². The summed E-state index contributed by atoms with van der Waals surface area (Å²) in [7, 11) is 0. The molecule has 1 aliphatic rings. The molecule has 82 valence electrons. The van der Waals surface area contributed by atoms with Crippen LogP contribution in [0.15, 0.2) is 24.3 Å². The highest BCUT2D eigenvalue weighted by atomic mass is 16.5. The van der Waals surface area contributed by atoms with Crippen LogP contribution in [0.5, 0.6) is 0 Å². The van der Waals surface area contributed by atoms with Crippen LogP contribution in [0, 0.1) is 0 Å². The fraction of sp³-hybridized carbons (Fsp3) is 0.538. The highest BCUT2D eigenvalue weighted by Gasteiger charge is 2.17. The molecule has 0 saturated heterocycles. The topological polar surface area (TPSA) is 12.5 Å². The normalized spacial score (nSPS) is 14.7. The third-order valence-corrected chi connectivity index (χ3v) is 2.80. The predicted octanol–water partition coefficient (Wildman–Crippen LogP) is 2.47. The van der Waals surface area contributed by atoms with E-state index in [1.54, 1.807) is 0 Å². The van der Waals surface area contributed by atoms with Gasteiger partial charge in [0.05, 0.1) is 12.7 Å². The predicted molar refractivity (Wildman–Crippen MR) is 63.4 cm³/mol. The molecule has 15 heavy (non-hydrogen) atoms. The maximum atomic E-state index is 5.58. The zero-order valence-corrected chi connectivity index (χ0v) is 9.57. The molecule has 0 aromatic heterocycles. The fourth-order valence-electron chi connectivity index (χ4n) is 2.04. The lowest BCUT2D eigenvalue weighted by Crippen LogP contribution is -2.26. The van der Waals surface area contributed by atoms with Crippen molar-refractivity contribution in [3.8, 4) is 0 Å². The van der Waals surface area contributed by atoms with Gasteiger partial charge in [-0.2, -0.15) is 0 Å². The number of anilines is 1. The van der Waals surface area contributed by atoms with Crippen LogP contribution in [-0.4, -0.2) is 25.8 Å². The lowest BCUT2D eigenvalue weighted by atomic mass is 10.2. The molecule has 1 aliphatic heterocycles. The van der Waals surface area contributed by atoms with Crippen molar-refractivity contribution in [1.82, 2.24) is 0 Å². The number of rotatable bonds is 4. The Morgan fingerprint density at radius 3 is 2.93 bits per heavy atom. The van der Waals surface area contributed by atoms with Crippen LogP contribution in [0.25, 0.3) is 0 Å². The number of para-hydroxylation sites is 1. The van der Waals surface area contributed by atoms with Crippen molar-refractivity contribution in [2.75, 3.05) is 24.6 Å². The molecule has 2 rings (SSSR count). The van der Waals surface area contributed by atoms with Gasteiger partial charge in [0.25, 0.3) is 0 Å². The molecule has 0 unspecified atom stereocenters. The van der Waals surface area contributed by atoms with Gasteiger partial charge in [0.15, 0.2) is 0 Å². The minimum absolute atomic E-state index is 0.336. The zero-order valence-electron chi connectivity index (χ0n) is 9.57.